The average Bonchev–Trinajstić information content (AvgIpc) is 3.07. The molecule has 0 radical (unpaired) electrons. The van der Waals surface area contributed by atoms with Crippen LogP contribution < -0.4 is 10.6 Å². The third-order valence-electron chi connectivity index (χ3n) is 5.36. The number of carbonyl (C=O) groups excluding carboxylic acids is 1. The molecule has 2 N–H and O–H groups in total. The van der Waals surface area contributed by atoms with Crippen molar-refractivity contribution in [2.24, 2.45) is 0 Å². The number of rotatable bonds is 3. The van der Waals surface area contributed by atoms with Crippen LogP contribution in [0.1, 0.15) is 36.8 Å². The van der Waals surface area contributed by atoms with Crippen molar-refractivity contribution in [1.82, 2.24) is 10.2 Å². The topological polar surface area (TPSA) is 44.4 Å². The summed E-state index contributed by atoms with van der Waals surface area (Å²) in [5.74, 6) is 0.121. The molecule has 1 aromatic rings. The number of amides is 1. The van der Waals surface area contributed by atoms with Gasteiger partial charge in [0.15, 0.2) is 0 Å². The molecule has 1 amide bonds. The van der Waals surface area contributed by atoms with E-state index < -0.39 is 0 Å². The van der Waals surface area contributed by atoms with E-state index in [0.29, 0.717) is 18.6 Å². The normalized spacial score (nSPS) is 27.5. The van der Waals surface area contributed by atoms with Gasteiger partial charge >= 0.3 is 0 Å². The first kappa shape index (κ1) is 14.2. The number of nitrogens with one attached hydrogen (secondary N) is 2. The van der Waals surface area contributed by atoms with Gasteiger partial charge in [0.1, 0.15) is 0 Å². The van der Waals surface area contributed by atoms with Crippen molar-refractivity contribution in [2.75, 3.05) is 25.0 Å². The van der Waals surface area contributed by atoms with Gasteiger partial charge in [0.05, 0.1) is 6.54 Å². The molecule has 118 valence electrons. The van der Waals surface area contributed by atoms with Crippen LogP contribution in [0.2, 0.25) is 0 Å². The molecule has 2 fully saturated rings. The first-order chi connectivity index (χ1) is 10.8. The smallest absolute Gasteiger partial charge is 0.238 e. The molecule has 2 unspecified atom stereocenters. The number of hydrogen-bond donors (Lipinski definition) is 2. The van der Waals surface area contributed by atoms with E-state index in [1.807, 2.05) is 6.07 Å². The van der Waals surface area contributed by atoms with Crippen molar-refractivity contribution >= 4 is 11.6 Å². The van der Waals surface area contributed by atoms with Crippen LogP contribution in [0.15, 0.2) is 18.2 Å². The number of benzene rings is 1. The molecular formula is C18H25N3O. The Morgan fingerprint density at radius 2 is 2.05 bits per heavy atom. The summed E-state index contributed by atoms with van der Waals surface area (Å²) in [7, 11) is 0. The second kappa shape index (κ2) is 6.01. The van der Waals surface area contributed by atoms with E-state index in [1.54, 1.807) is 0 Å². The Balaban J connectivity index is 1.34. The van der Waals surface area contributed by atoms with E-state index >= 15 is 0 Å². The van der Waals surface area contributed by atoms with Gasteiger partial charge in [-0.15, -0.1) is 0 Å². The van der Waals surface area contributed by atoms with Crippen LogP contribution in [0.25, 0.3) is 0 Å². The fraction of sp³-hybridized carbons (Fsp3) is 0.611. The Morgan fingerprint density at radius 3 is 3.00 bits per heavy atom. The van der Waals surface area contributed by atoms with Crippen LogP contribution in [0.5, 0.6) is 0 Å². The van der Waals surface area contributed by atoms with Gasteiger partial charge in [-0.1, -0.05) is 6.07 Å². The van der Waals surface area contributed by atoms with E-state index in [9.17, 15) is 4.79 Å². The molecule has 2 bridgehead atoms. The minimum absolute atomic E-state index is 0.121. The average molecular weight is 299 g/mol. The van der Waals surface area contributed by atoms with Crippen LogP contribution in [-0.2, 0) is 17.6 Å². The highest BCUT2D eigenvalue weighted by atomic mass is 16.2. The fourth-order valence-corrected chi connectivity index (χ4v) is 4.21. The van der Waals surface area contributed by atoms with E-state index in [0.717, 1.165) is 25.2 Å². The minimum atomic E-state index is 0.121. The summed E-state index contributed by atoms with van der Waals surface area (Å²) in [6.07, 6.45) is 7.32. The summed E-state index contributed by atoms with van der Waals surface area (Å²) in [5, 5.41) is 6.74. The zero-order valence-corrected chi connectivity index (χ0v) is 13.1. The lowest BCUT2D eigenvalue weighted by Crippen LogP contribution is -2.39. The molecule has 1 aromatic carbocycles. The summed E-state index contributed by atoms with van der Waals surface area (Å²) in [5.41, 5.74) is 3.82. The van der Waals surface area contributed by atoms with Gasteiger partial charge in [-0.2, -0.15) is 0 Å². The van der Waals surface area contributed by atoms with Crippen molar-refractivity contribution in [1.29, 1.82) is 0 Å². The third-order valence-corrected chi connectivity index (χ3v) is 5.36. The van der Waals surface area contributed by atoms with Crippen LogP contribution in [-0.4, -0.2) is 42.5 Å². The zero-order valence-electron chi connectivity index (χ0n) is 13.1. The first-order valence-corrected chi connectivity index (χ1v) is 8.66. The molecule has 2 atom stereocenters. The van der Waals surface area contributed by atoms with Crippen molar-refractivity contribution in [3.63, 3.8) is 0 Å². The molecule has 2 heterocycles. The van der Waals surface area contributed by atoms with Crippen LogP contribution in [0, 0.1) is 0 Å². The van der Waals surface area contributed by atoms with Gasteiger partial charge in [-0.25, -0.2) is 0 Å². The molecular weight excluding hydrogens is 274 g/mol. The maximum absolute atomic E-state index is 12.3. The molecule has 22 heavy (non-hydrogen) atoms. The quantitative estimate of drug-likeness (QED) is 0.896. The first-order valence-electron chi connectivity index (χ1n) is 8.66. The fourth-order valence-electron chi connectivity index (χ4n) is 4.21. The zero-order chi connectivity index (χ0) is 14.9. The highest BCUT2D eigenvalue weighted by Gasteiger charge is 2.29. The van der Waals surface area contributed by atoms with Crippen LogP contribution in [0.3, 0.4) is 0 Å². The molecule has 4 rings (SSSR count). The van der Waals surface area contributed by atoms with Gasteiger partial charge in [0.2, 0.25) is 5.91 Å². The molecule has 2 aliphatic heterocycles. The summed E-state index contributed by atoms with van der Waals surface area (Å²) in [6.45, 7) is 2.56. The summed E-state index contributed by atoms with van der Waals surface area (Å²) < 4.78 is 0. The van der Waals surface area contributed by atoms with Crippen molar-refractivity contribution in [3.8, 4) is 0 Å². The van der Waals surface area contributed by atoms with E-state index in [-0.39, 0.29) is 5.91 Å². The van der Waals surface area contributed by atoms with E-state index in [4.69, 9.17) is 0 Å². The highest BCUT2D eigenvalue weighted by molar-refractivity contribution is 5.92. The number of anilines is 1. The standard InChI is InChI=1S/C18H25N3O/c22-18(12-21-9-8-15-6-7-17(11-21)19-15)20-16-5-4-13-2-1-3-14(13)10-16/h4-5,10,15,17,19H,1-3,6-9,11-12H2,(H,20,22). The van der Waals surface area contributed by atoms with Crippen molar-refractivity contribution < 1.29 is 4.79 Å². The Kier molecular flexibility index (Phi) is 3.89. The SMILES string of the molecule is O=C(CN1CCC2CCC(C1)N2)Nc1ccc2c(c1)CCC2. The van der Waals surface area contributed by atoms with Gasteiger partial charge in [0.25, 0.3) is 0 Å². The molecule has 4 heteroatoms. The lowest BCUT2D eigenvalue weighted by atomic mass is 10.1. The van der Waals surface area contributed by atoms with Crippen LogP contribution in [0.4, 0.5) is 5.69 Å². The summed E-state index contributed by atoms with van der Waals surface area (Å²) >= 11 is 0. The molecule has 0 saturated carbocycles. The third kappa shape index (κ3) is 3.03. The lowest BCUT2D eigenvalue weighted by molar-refractivity contribution is -0.117. The second-order valence-corrected chi connectivity index (χ2v) is 7.05. The number of likely N-dealkylation sites (tertiary alicyclic amines) is 1. The number of carbonyl (C=O) groups is 1. The maximum atomic E-state index is 12.3. The highest BCUT2D eigenvalue weighted by Crippen LogP contribution is 2.25. The Bertz CT molecular complexity index is 571. The summed E-state index contributed by atoms with van der Waals surface area (Å²) in [6, 6.07) is 7.64. The monoisotopic (exact) mass is 299 g/mol. The number of nitrogens with zero attached hydrogens (tertiary/aromatic N) is 1. The van der Waals surface area contributed by atoms with Crippen molar-refractivity contribution in [3.05, 3.63) is 29.3 Å². The number of fused-ring (bicyclic) bond motifs is 3. The molecule has 3 aliphatic rings. The molecule has 1 aliphatic carbocycles. The maximum Gasteiger partial charge on any atom is 0.238 e. The van der Waals surface area contributed by atoms with Gasteiger partial charge in [-0.05, 0) is 61.8 Å². The molecule has 2 saturated heterocycles. The molecule has 0 spiro atoms. The summed E-state index contributed by atoms with van der Waals surface area (Å²) in [4.78, 5) is 14.6. The van der Waals surface area contributed by atoms with Gasteiger partial charge in [0, 0.05) is 30.9 Å². The second-order valence-electron chi connectivity index (χ2n) is 7.05. The number of hydrogen-bond acceptors (Lipinski definition) is 3. The van der Waals surface area contributed by atoms with Crippen LogP contribution >= 0.6 is 0 Å². The number of aryl methyl sites for hydroxylation is 2. The van der Waals surface area contributed by atoms with E-state index in [1.165, 1.54) is 43.2 Å². The van der Waals surface area contributed by atoms with E-state index in [2.05, 4.69) is 27.7 Å². The predicted octanol–water partition coefficient (Wildman–Crippen LogP) is 1.94. The minimum Gasteiger partial charge on any atom is -0.325 e. The molecule has 0 aromatic heterocycles. The predicted molar refractivity (Wildman–Crippen MR) is 88.1 cm³/mol. The largest absolute Gasteiger partial charge is 0.325 e. The van der Waals surface area contributed by atoms with Gasteiger partial charge in [-0.3, -0.25) is 9.69 Å². The Hall–Kier alpha value is -1.39. The van der Waals surface area contributed by atoms with Gasteiger partial charge < -0.3 is 10.6 Å². The van der Waals surface area contributed by atoms with Crippen molar-refractivity contribution in [2.45, 2.75) is 50.6 Å². The Labute approximate surface area is 132 Å². The molecule has 4 nitrogen and oxygen atoms in total. The Morgan fingerprint density at radius 1 is 1.18 bits per heavy atom. The lowest BCUT2D eigenvalue weighted by Gasteiger charge is -2.23.